The van der Waals surface area contributed by atoms with Gasteiger partial charge in [-0.05, 0) is 37.0 Å². The maximum absolute atomic E-state index is 13.2. The molecule has 0 amide bonds. The number of aromatic nitrogens is 2. The number of rotatable bonds is 4. The Morgan fingerprint density at radius 3 is 2.60 bits per heavy atom. The lowest BCUT2D eigenvalue weighted by Gasteiger charge is -2.24. The highest BCUT2D eigenvalue weighted by atomic mass is 32.2. The molecule has 25 heavy (non-hydrogen) atoms. The summed E-state index contributed by atoms with van der Waals surface area (Å²) in [6.45, 7) is 2.77. The molecule has 4 rings (SSSR count). The molecule has 1 fully saturated rings. The molecule has 3 heterocycles. The molecule has 0 unspecified atom stereocenters. The molecule has 0 radical (unpaired) electrons. The first kappa shape index (κ1) is 16.5. The van der Waals surface area contributed by atoms with Gasteiger partial charge in [0.05, 0.1) is 12.7 Å². The van der Waals surface area contributed by atoms with Crippen LogP contribution in [0.1, 0.15) is 30.4 Å². The van der Waals surface area contributed by atoms with Crippen LogP contribution in [0.2, 0.25) is 0 Å². The van der Waals surface area contributed by atoms with E-state index in [0.29, 0.717) is 6.42 Å². The van der Waals surface area contributed by atoms with Crippen molar-refractivity contribution < 1.29 is 4.74 Å². The average Bonchev–Trinajstić information content (AvgIpc) is 3.19. The predicted octanol–water partition coefficient (Wildman–Crippen LogP) is 2.94. The van der Waals surface area contributed by atoms with Crippen LogP contribution < -0.4 is 15.2 Å². The van der Waals surface area contributed by atoms with Crippen molar-refractivity contribution in [1.82, 2.24) is 9.55 Å². The summed E-state index contributed by atoms with van der Waals surface area (Å²) < 4.78 is 7.10. The van der Waals surface area contributed by atoms with Crippen molar-refractivity contribution in [3.8, 4) is 5.75 Å². The van der Waals surface area contributed by atoms with Crippen molar-refractivity contribution in [2.75, 3.05) is 30.9 Å². The summed E-state index contributed by atoms with van der Waals surface area (Å²) in [7, 11) is 1.66. The molecular formula is C19H23N3O2S. The molecule has 1 aromatic heterocycles. The Bertz CT molecular complexity index is 811. The summed E-state index contributed by atoms with van der Waals surface area (Å²) in [6.07, 6.45) is 4.00. The number of hydrogen-bond acceptors (Lipinski definition) is 5. The summed E-state index contributed by atoms with van der Waals surface area (Å²) >= 11 is 1.70. The van der Waals surface area contributed by atoms with Crippen LogP contribution in [0.25, 0.3) is 0 Å². The molecule has 2 aliphatic rings. The van der Waals surface area contributed by atoms with E-state index < -0.39 is 0 Å². The molecule has 6 heteroatoms. The van der Waals surface area contributed by atoms with Gasteiger partial charge in [0.2, 0.25) is 0 Å². The number of ether oxygens (including phenoxy) is 1. The van der Waals surface area contributed by atoms with Gasteiger partial charge in [-0.25, -0.2) is 4.98 Å². The molecule has 132 valence electrons. The van der Waals surface area contributed by atoms with Gasteiger partial charge in [0, 0.05) is 31.8 Å². The first-order valence-electron chi connectivity index (χ1n) is 8.90. The standard InChI is InChI=1S/C19H23N3O2S/c1-24-15-7-5-14(6-8-15)13-16-17(21-9-2-3-10-21)20-19-22(18(16)23)11-4-12-25-19/h5-8H,2-4,9-13H2,1H3. The third-order valence-electron chi connectivity index (χ3n) is 4.91. The number of hydrogen-bond donors (Lipinski definition) is 0. The molecule has 0 spiro atoms. The van der Waals surface area contributed by atoms with E-state index in [2.05, 4.69) is 4.90 Å². The minimum absolute atomic E-state index is 0.134. The Hall–Kier alpha value is -1.95. The van der Waals surface area contributed by atoms with E-state index in [1.807, 2.05) is 28.8 Å². The molecule has 1 aromatic carbocycles. The number of anilines is 1. The molecule has 5 nitrogen and oxygen atoms in total. The lowest BCUT2D eigenvalue weighted by molar-refractivity contribution is 0.414. The molecule has 1 saturated heterocycles. The molecule has 0 aliphatic carbocycles. The monoisotopic (exact) mass is 357 g/mol. The van der Waals surface area contributed by atoms with Gasteiger partial charge in [-0.3, -0.25) is 9.36 Å². The van der Waals surface area contributed by atoms with Gasteiger partial charge < -0.3 is 9.64 Å². The number of methoxy groups -OCH3 is 1. The molecule has 2 aromatic rings. The Morgan fingerprint density at radius 2 is 1.88 bits per heavy atom. The van der Waals surface area contributed by atoms with E-state index in [1.165, 1.54) is 12.8 Å². The maximum atomic E-state index is 13.2. The van der Waals surface area contributed by atoms with Crippen LogP contribution in [-0.4, -0.2) is 35.5 Å². The predicted molar refractivity (Wildman–Crippen MR) is 101 cm³/mol. The second-order valence-electron chi connectivity index (χ2n) is 6.57. The number of thioether (sulfide) groups is 1. The quantitative estimate of drug-likeness (QED) is 0.788. The first-order chi connectivity index (χ1) is 12.3. The van der Waals surface area contributed by atoms with Crippen LogP contribution in [0.3, 0.4) is 0 Å². The van der Waals surface area contributed by atoms with Gasteiger partial charge >= 0.3 is 0 Å². The van der Waals surface area contributed by atoms with Gasteiger partial charge in [0.1, 0.15) is 11.6 Å². The SMILES string of the molecule is COc1ccc(Cc2c(N3CCCC3)nc3n(c2=O)CCCS3)cc1. The zero-order valence-electron chi connectivity index (χ0n) is 14.5. The van der Waals surface area contributed by atoms with Crippen molar-refractivity contribution in [2.24, 2.45) is 0 Å². The molecule has 0 N–H and O–H groups in total. The maximum Gasteiger partial charge on any atom is 0.259 e. The van der Waals surface area contributed by atoms with E-state index in [-0.39, 0.29) is 5.56 Å². The van der Waals surface area contributed by atoms with Crippen LogP contribution in [0.15, 0.2) is 34.2 Å². The second-order valence-corrected chi connectivity index (χ2v) is 7.64. The zero-order valence-corrected chi connectivity index (χ0v) is 15.3. The Kier molecular flexibility index (Phi) is 4.70. The van der Waals surface area contributed by atoms with Crippen molar-refractivity contribution >= 4 is 17.6 Å². The summed E-state index contributed by atoms with van der Waals surface area (Å²) in [5, 5.41) is 0.886. The smallest absolute Gasteiger partial charge is 0.259 e. The van der Waals surface area contributed by atoms with Gasteiger partial charge in [-0.2, -0.15) is 0 Å². The lowest BCUT2D eigenvalue weighted by Crippen LogP contribution is -2.33. The third kappa shape index (κ3) is 3.27. The zero-order chi connectivity index (χ0) is 17.2. The topological polar surface area (TPSA) is 47.4 Å². The van der Waals surface area contributed by atoms with Gasteiger partial charge in [-0.15, -0.1) is 0 Å². The van der Waals surface area contributed by atoms with Crippen LogP contribution >= 0.6 is 11.8 Å². The highest BCUT2D eigenvalue weighted by molar-refractivity contribution is 7.99. The van der Waals surface area contributed by atoms with E-state index in [4.69, 9.17) is 9.72 Å². The van der Waals surface area contributed by atoms with E-state index in [1.54, 1.807) is 18.9 Å². The fourth-order valence-electron chi connectivity index (χ4n) is 3.55. The third-order valence-corrected chi connectivity index (χ3v) is 5.97. The van der Waals surface area contributed by atoms with Crippen LogP contribution in [0.5, 0.6) is 5.75 Å². The number of benzene rings is 1. The average molecular weight is 357 g/mol. The molecule has 0 saturated carbocycles. The van der Waals surface area contributed by atoms with Crippen molar-refractivity contribution in [2.45, 2.75) is 37.4 Å². The lowest BCUT2D eigenvalue weighted by atomic mass is 10.1. The fraction of sp³-hybridized carbons (Fsp3) is 0.474. The van der Waals surface area contributed by atoms with E-state index in [0.717, 1.165) is 59.7 Å². The normalized spacial score (nSPS) is 16.8. The molecule has 0 atom stereocenters. The molecule has 2 aliphatic heterocycles. The first-order valence-corrected chi connectivity index (χ1v) is 9.89. The van der Waals surface area contributed by atoms with Crippen LogP contribution in [0.4, 0.5) is 5.82 Å². The molecule has 0 bridgehead atoms. The number of nitrogens with zero attached hydrogens (tertiary/aromatic N) is 3. The van der Waals surface area contributed by atoms with Gasteiger partial charge in [0.15, 0.2) is 5.16 Å². The second kappa shape index (κ2) is 7.12. The van der Waals surface area contributed by atoms with E-state index in [9.17, 15) is 4.79 Å². The minimum Gasteiger partial charge on any atom is -0.497 e. The van der Waals surface area contributed by atoms with Gasteiger partial charge in [-0.1, -0.05) is 23.9 Å². The highest BCUT2D eigenvalue weighted by Crippen LogP contribution is 2.28. The van der Waals surface area contributed by atoms with Crippen molar-refractivity contribution in [3.63, 3.8) is 0 Å². The van der Waals surface area contributed by atoms with Crippen LogP contribution in [-0.2, 0) is 13.0 Å². The summed E-state index contributed by atoms with van der Waals surface area (Å²) in [5.74, 6) is 2.78. The Labute approximate surface area is 152 Å². The van der Waals surface area contributed by atoms with Crippen molar-refractivity contribution in [3.05, 3.63) is 45.7 Å². The Balaban J connectivity index is 1.76. The Morgan fingerprint density at radius 1 is 1.12 bits per heavy atom. The van der Waals surface area contributed by atoms with Gasteiger partial charge in [0.25, 0.3) is 5.56 Å². The summed E-state index contributed by atoms with van der Waals surface area (Å²) in [5.41, 5.74) is 2.08. The fourth-order valence-corrected chi connectivity index (χ4v) is 4.49. The number of fused-ring (bicyclic) bond motifs is 1. The molecular weight excluding hydrogens is 334 g/mol. The summed E-state index contributed by atoms with van der Waals surface area (Å²) in [6, 6.07) is 7.96. The van der Waals surface area contributed by atoms with E-state index >= 15 is 0 Å². The summed E-state index contributed by atoms with van der Waals surface area (Å²) in [4.78, 5) is 20.4. The highest BCUT2D eigenvalue weighted by Gasteiger charge is 2.24. The minimum atomic E-state index is 0.134. The van der Waals surface area contributed by atoms with Crippen LogP contribution in [0, 0.1) is 0 Å². The largest absolute Gasteiger partial charge is 0.497 e. The van der Waals surface area contributed by atoms with Crippen molar-refractivity contribution in [1.29, 1.82) is 0 Å².